The van der Waals surface area contributed by atoms with Gasteiger partial charge in [-0.05, 0) is 25.6 Å². The van der Waals surface area contributed by atoms with Crippen molar-refractivity contribution in [3.05, 3.63) is 39.7 Å². The molecule has 0 saturated carbocycles. The zero-order valence-corrected chi connectivity index (χ0v) is 10.0. The van der Waals surface area contributed by atoms with Crippen LogP contribution in [-0.4, -0.2) is 22.1 Å². The van der Waals surface area contributed by atoms with E-state index in [0.29, 0.717) is 17.9 Å². The fourth-order valence-electron chi connectivity index (χ4n) is 1.59. The van der Waals surface area contributed by atoms with E-state index in [1.807, 2.05) is 0 Å². The number of hydrogen-bond donors (Lipinski definition) is 1. The first-order valence-corrected chi connectivity index (χ1v) is 5.34. The lowest BCUT2D eigenvalue weighted by atomic mass is 10.1. The topological polar surface area (TPSA) is 94.1 Å². The Balaban J connectivity index is 2.39. The van der Waals surface area contributed by atoms with E-state index < -0.39 is 4.92 Å². The highest BCUT2D eigenvalue weighted by atomic mass is 16.6. The van der Waals surface area contributed by atoms with Crippen LogP contribution in [0.25, 0.3) is 11.5 Å². The number of hydrogen-bond acceptors (Lipinski definition) is 6. The van der Waals surface area contributed by atoms with E-state index in [0.717, 1.165) is 5.56 Å². The Morgan fingerprint density at radius 1 is 1.44 bits per heavy atom. The Kier molecular flexibility index (Phi) is 3.33. The van der Waals surface area contributed by atoms with Crippen molar-refractivity contribution in [1.82, 2.24) is 15.5 Å². The lowest BCUT2D eigenvalue weighted by molar-refractivity contribution is -0.384. The Labute approximate surface area is 103 Å². The van der Waals surface area contributed by atoms with Gasteiger partial charge in [0.1, 0.15) is 0 Å². The van der Waals surface area contributed by atoms with E-state index in [9.17, 15) is 10.1 Å². The van der Waals surface area contributed by atoms with Crippen molar-refractivity contribution in [2.75, 3.05) is 7.05 Å². The van der Waals surface area contributed by atoms with Gasteiger partial charge >= 0.3 is 0 Å². The average molecular weight is 248 g/mol. The molecule has 0 spiro atoms. The maximum atomic E-state index is 10.8. The minimum absolute atomic E-state index is 0.0124. The zero-order chi connectivity index (χ0) is 13.1. The van der Waals surface area contributed by atoms with E-state index in [2.05, 4.69) is 15.5 Å². The number of nitrogens with one attached hydrogen (secondary N) is 1. The summed E-state index contributed by atoms with van der Waals surface area (Å²) in [6, 6.07) is 4.68. The number of nitro benzene ring substituents is 1. The highest BCUT2D eigenvalue weighted by Gasteiger charge is 2.14. The van der Waals surface area contributed by atoms with Crippen LogP contribution < -0.4 is 5.32 Å². The van der Waals surface area contributed by atoms with Gasteiger partial charge in [-0.3, -0.25) is 10.1 Å². The van der Waals surface area contributed by atoms with Crippen LogP contribution in [0, 0.1) is 17.0 Å². The molecule has 0 unspecified atom stereocenters. The SMILES string of the molecule is CNCc1noc(-c2cc(C)cc([N+](=O)[O-])c2)n1. The molecule has 0 atom stereocenters. The number of aromatic nitrogens is 2. The van der Waals surface area contributed by atoms with Crippen molar-refractivity contribution in [3.8, 4) is 11.5 Å². The first kappa shape index (κ1) is 12.2. The van der Waals surface area contributed by atoms with Crippen LogP contribution in [0.4, 0.5) is 5.69 Å². The normalized spacial score (nSPS) is 10.6. The van der Waals surface area contributed by atoms with Crippen LogP contribution in [0.1, 0.15) is 11.4 Å². The molecule has 18 heavy (non-hydrogen) atoms. The average Bonchev–Trinajstić information content (AvgIpc) is 2.77. The van der Waals surface area contributed by atoms with Gasteiger partial charge in [0, 0.05) is 17.7 Å². The van der Waals surface area contributed by atoms with Gasteiger partial charge in [0.15, 0.2) is 5.82 Å². The molecule has 0 fully saturated rings. The van der Waals surface area contributed by atoms with E-state index in [1.54, 1.807) is 20.0 Å². The Morgan fingerprint density at radius 3 is 2.89 bits per heavy atom. The van der Waals surface area contributed by atoms with Crippen molar-refractivity contribution in [2.45, 2.75) is 13.5 Å². The van der Waals surface area contributed by atoms with Gasteiger partial charge in [-0.1, -0.05) is 5.16 Å². The van der Waals surface area contributed by atoms with Gasteiger partial charge in [-0.15, -0.1) is 0 Å². The number of non-ortho nitro benzene ring substituents is 1. The molecule has 1 aromatic carbocycles. The second-order valence-electron chi connectivity index (χ2n) is 3.86. The summed E-state index contributed by atoms with van der Waals surface area (Å²) >= 11 is 0. The molecule has 7 heteroatoms. The van der Waals surface area contributed by atoms with E-state index in [4.69, 9.17) is 4.52 Å². The lowest BCUT2D eigenvalue weighted by Crippen LogP contribution is -2.06. The third-order valence-corrected chi connectivity index (χ3v) is 2.32. The summed E-state index contributed by atoms with van der Waals surface area (Å²) in [7, 11) is 1.77. The molecule has 2 aromatic rings. The molecule has 0 aliphatic carbocycles. The van der Waals surface area contributed by atoms with Crippen LogP contribution >= 0.6 is 0 Å². The summed E-state index contributed by atoms with van der Waals surface area (Å²) in [5.41, 5.74) is 1.34. The standard InChI is InChI=1S/C11H12N4O3/c1-7-3-8(5-9(4-7)15(16)17)11-13-10(6-12-2)14-18-11/h3-5,12H,6H2,1-2H3. The molecular weight excluding hydrogens is 236 g/mol. The lowest BCUT2D eigenvalue weighted by Gasteiger charge is -1.98. The van der Waals surface area contributed by atoms with E-state index in [-0.39, 0.29) is 11.6 Å². The minimum atomic E-state index is -0.443. The summed E-state index contributed by atoms with van der Waals surface area (Å²) in [5.74, 6) is 0.795. The number of benzene rings is 1. The first-order valence-electron chi connectivity index (χ1n) is 5.34. The number of rotatable bonds is 4. The molecule has 1 heterocycles. The fourth-order valence-corrected chi connectivity index (χ4v) is 1.59. The molecule has 0 bridgehead atoms. The Bertz CT molecular complexity index is 579. The van der Waals surface area contributed by atoms with E-state index in [1.165, 1.54) is 12.1 Å². The van der Waals surface area contributed by atoms with Crippen LogP contribution in [0.3, 0.4) is 0 Å². The number of nitrogens with zero attached hydrogens (tertiary/aromatic N) is 3. The van der Waals surface area contributed by atoms with Crippen LogP contribution in [0.15, 0.2) is 22.7 Å². The minimum Gasteiger partial charge on any atom is -0.334 e. The van der Waals surface area contributed by atoms with Gasteiger partial charge in [-0.25, -0.2) is 0 Å². The summed E-state index contributed by atoms with van der Waals surface area (Å²) in [6.07, 6.45) is 0. The largest absolute Gasteiger partial charge is 0.334 e. The zero-order valence-electron chi connectivity index (χ0n) is 10.0. The molecule has 0 amide bonds. The summed E-state index contributed by atoms with van der Waals surface area (Å²) in [4.78, 5) is 14.5. The van der Waals surface area contributed by atoms with Crippen LogP contribution in [0.2, 0.25) is 0 Å². The molecular formula is C11H12N4O3. The molecule has 1 N–H and O–H groups in total. The molecule has 0 aliphatic heterocycles. The smallest absolute Gasteiger partial charge is 0.270 e. The fraction of sp³-hybridized carbons (Fsp3) is 0.273. The summed E-state index contributed by atoms with van der Waals surface area (Å²) in [6.45, 7) is 2.26. The van der Waals surface area contributed by atoms with Crippen molar-refractivity contribution in [3.63, 3.8) is 0 Å². The molecule has 0 aliphatic rings. The first-order chi connectivity index (χ1) is 8.60. The second-order valence-corrected chi connectivity index (χ2v) is 3.86. The molecule has 2 rings (SSSR count). The molecule has 7 nitrogen and oxygen atoms in total. The van der Waals surface area contributed by atoms with Crippen molar-refractivity contribution >= 4 is 5.69 Å². The molecule has 0 radical (unpaired) electrons. The third kappa shape index (κ3) is 2.51. The monoisotopic (exact) mass is 248 g/mol. The quantitative estimate of drug-likeness (QED) is 0.653. The van der Waals surface area contributed by atoms with Gasteiger partial charge in [0.25, 0.3) is 11.6 Å². The van der Waals surface area contributed by atoms with Crippen molar-refractivity contribution in [2.24, 2.45) is 0 Å². The highest BCUT2D eigenvalue weighted by molar-refractivity contribution is 5.59. The molecule has 0 saturated heterocycles. The Hall–Kier alpha value is -2.28. The number of nitro groups is 1. The summed E-state index contributed by atoms with van der Waals surface area (Å²) < 4.78 is 5.07. The number of aryl methyl sites for hydroxylation is 1. The van der Waals surface area contributed by atoms with Gasteiger partial charge < -0.3 is 9.84 Å². The molecule has 94 valence electrons. The maximum absolute atomic E-state index is 10.8. The van der Waals surface area contributed by atoms with Gasteiger partial charge in [0.2, 0.25) is 0 Å². The third-order valence-electron chi connectivity index (χ3n) is 2.32. The maximum Gasteiger partial charge on any atom is 0.270 e. The molecule has 1 aromatic heterocycles. The summed E-state index contributed by atoms with van der Waals surface area (Å²) in [5, 5.41) is 17.4. The van der Waals surface area contributed by atoms with Crippen molar-refractivity contribution in [1.29, 1.82) is 0 Å². The van der Waals surface area contributed by atoms with Crippen molar-refractivity contribution < 1.29 is 9.45 Å². The van der Waals surface area contributed by atoms with E-state index >= 15 is 0 Å². The predicted octanol–water partition coefficient (Wildman–Crippen LogP) is 1.67. The Morgan fingerprint density at radius 2 is 2.22 bits per heavy atom. The van der Waals surface area contributed by atoms with Crippen LogP contribution in [-0.2, 0) is 6.54 Å². The van der Waals surface area contributed by atoms with Crippen LogP contribution in [0.5, 0.6) is 0 Å². The predicted molar refractivity (Wildman–Crippen MR) is 63.9 cm³/mol. The van der Waals surface area contributed by atoms with Gasteiger partial charge in [-0.2, -0.15) is 4.98 Å². The highest BCUT2D eigenvalue weighted by Crippen LogP contribution is 2.24. The van der Waals surface area contributed by atoms with Gasteiger partial charge in [0.05, 0.1) is 11.5 Å². The second kappa shape index (κ2) is 4.92.